The Bertz CT molecular complexity index is 593. The van der Waals surface area contributed by atoms with E-state index in [1.165, 1.54) is 5.56 Å². The Kier molecular flexibility index (Phi) is 3.82. The molecule has 0 aliphatic heterocycles. The molecule has 0 aliphatic rings. The fourth-order valence-corrected chi connectivity index (χ4v) is 2.34. The van der Waals surface area contributed by atoms with Crippen molar-refractivity contribution >= 4 is 27.9 Å². The summed E-state index contributed by atoms with van der Waals surface area (Å²) in [6.45, 7) is 2.06. The number of rotatable bonds is 3. The average molecular weight is 304 g/mol. The van der Waals surface area contributed by atoms with Gasteiger partial charge in [-0.05, 0) is 41.8 Å². The van der Waals surface area contributed by atoms with E-state index < -0.39 is 0 Å². The summed E-state index contributed by atoms with van der Waals surface area (Å²) in [5.74, 6) is 0. The van der Waals surface area contributed by atoms with E-state index in [9.17, 15) is 4.79 Å². The highest BCUT2D eigenvalue weighted by Gasteiger charge is 2.07. The molecule has 0 fully saturated rings. The van der Waals surface area contributed by atoms with Crippen LogP contribution in [0.25, 0.3) is 11.1 Å². The maximum atomic E-state index is 11.1. The molecule has 0 aliphatic carbocycles. The topological polar surface area (TPSA) is 29.1 Å². The van der Waals surface area contributed by atoms with Crippen LogP contribution in [0.15, 0.2) is 40.9 Å². The molecule has 92 valence electrons. The predicted molar refractivity (Wildman–Crippen MR) is 79.2 cm³/mol. The van der Waals surface area contributed by atoms with Crippen LogP contribution in [0.4, 0.5) is 5.69 Å². The fraction of sp³-hybridized carbons (Fsp3) is 0.133. The number of hydrogen-bond donors (Lipinski definition) is 1. The molecule has 0 bridgehead atoms. The van der Waals surface area contributed by atoms with Crippen molar-refractivity contribution in [3.05, 3.63) is 52.0 Å². The first kappa shape index (κ1) is 12.8. The molecular formula is C15H14BrNO. The van der Waals surface area contributed by atoms with E-state index in [4.69, 9.17) is 0 Å². The van der Waals surface area contributed by atoms with Crippen molar-refractivity contribution in [2.45, 2.75) is 6.92 Å². The molecule has 2 nitrogen and oxygen atoms in total. The molecule has 0 radical (unpaired) electrons. The SMILES string of the molecule is CNc1ccc(-c2cccc(Br)c2C)cc1C=O. The van der Waals surface area contributed by atoms with Gasteiger partial charge in [0.2, 0.25) is 0 Å². The summed E-state index contributed by atoms with van der Waals surface area (Å²) >= 11 is 3.53. The second kappa shape index (κ2) is 5.36. The average Bonchev–Trinajstić information content (AvgIpc) is 2.41. The summed E-state index contributed by atoms with van der Waals surface area (Å²) in [5, 5.41) is 3.01. The second-order valence-electron chi connectivity index (χ2n) is 4.08. The highest BCUT2D eigenvalue weighted by molar-refractivity contribution is 9.10. The number of benzene rings is 2. The Morgan fingerprint density at radius 1 is 1.22 bits per heavy atom. The Morgan fingerprint density at radius 3 is 2.67 bits per heavy atom. The molecule has 0 saturated carbocycles. The molecular weight excluding hydrogens is 290 g/mol. The molecule has 0 spiro atoms. The Hall–Kier alpha value is -1.61. The van der Waals surface area contributed by atoms with Gasteiger partial charge in [-0.1, -0.05) is 34.1 Å². The van der Waals surface area contributed by atoms with Gasteiger partial charge in [-0.3, -0.25) is 4.79 Å². The number of halogens is 1. The van der Waals surface area contributed by atoms with Gasteiger partial charge in [0.1, 0.15) is 0 Å². The summed E-state index contributed by atoms with van der Waals surface area (Å²) in [6, 6.07) is 11.9. The van der Waals surface area contributed by atoms with E-state index in [-0.39, 0.29) is 0 Å². The van der Waals surface area contributed by atoms with Crippen molar-refractivity contribution in [3.8, 4) is 11.1 Å². The van der Waals surface area contributed by atoms with Gasteiger partial charge in [-0.15, -0.1) is 0 Å². The first-order valence-electron chi connectivity index (χ1n) is 5.70. The zero-order valence-corrected chi connectivity index (χ0v) is 11.9. The lowest BCUT2D eigenvalue weighted by atomic mass is 9.98. The van der Waals surface area contributed by atoms with Gasteiger partial charge in [0, 0.05) is 22.8 Å². The molecule has 2 aromatic rings. The van der Waals surface area contributed by atoms with Gasteiger partial charge in [0.25, 0.3) is 0 Å². The molecule has 0 aromatic heterocycles. The Morgan fingerprint density at radius 2 is 2.00 bits per heavy atom. The number of anilines is 1. The van der Waals surface area contributed by atoms with Crippen molar-refractivity contribution in [2.24, 2.45) is 0 Å². The van der Waals surface area contributed by atoms with E-state index in [0.29, 0.717) is 5.56 Å². The van der Waals surface area contributed by atoms with Crippen molar-refractivity contribution in [1.82, 2.24) is 0 Å². The standard InChI is InChI=1S/C15H14BrNO/c1-10-13(4-3-5-14(10)16)11-6-7-15(17-2)12(8-11)9-18/h3-9,17H,1-2H3. The monoisotopic (exact) mass is 303 g/mol. The van der Waals surface area contributed by atoms with Crippen LogP contribution < -0.4 is 5.32 Å². The molecule has 2 rings (SSSR count). The van der Waals surface area contributed by atoms with Gasteiger partial charge in [0.15, 0.2) is 6.29 Å². The van der Waals surface area contributed by atoms with Crippen LogP contribution in [-0.4, -0.2) is 13.3 Å². The third-order valence-corrected chi connectivity index (χ3v) is 3.89. The highest BCUT2D eigenvalue weighted by atomic mass is 79.9. The van der Waals surface area contributed by atoms with Crippen LogP contribution in [0.5, 0.6) is 0 Å². The number of aldehydes is 1. The molecule has 0 amide bonds. The minimum Gasteiger partial charge on any atom is -0.388 e. The van der Waals surface area contributed by atoms with Crippen LogP contribution in [-0.2, 0) is 0 Å². The summed E-state index contributed by atoms with van der Waals surface area (Å²) in [5.41, 5.74) is 4.88. The minimum atomic E-state index is 0.675. The molecule has 0 atom stereocenters. The number of nitrogens with one attached hydrogen (secondary N) is 1. The molecule has 0 heterocycles. The van der Waals surface area contributed by atoms with Crippen LogP contribution in [0.1, 0.15) is 15.9 Å². The van der Waals surface area contributed by atoms with Crippen LogP contribution in [0, 0.1) is 6.92 Å². The highest BCUT2D eigenvalue weighted by Crippen LogP contribution is 2.30. The predicted octanol–water partition coefficient (Wildman–Crippen LogP) is 4.28. The number of hydrogen-bond acceptors (Lipinski definition) is 2. The second-order valence-corrected chi connectivity index (χ2v) is 4.94. The summed E-state index contributed by atoms with van der Waals surface area (Å²) in [7, 11) is 1.81. The number of carbonyl (C=O) groups excluding carboxylic acids is 1. The molecule has 0 unspecified atom stereocenters. The normalized spacial score (nSPS) is 10.2. The van der Waals surface area contributed by atoms with E-state index in [2.05, 4.69) is 34.2 Å². The molecule has 3 heteroatoms. The lowest BCUT2D eigenvalue weighted by Gasteiger charge is -2.10. The third-order valence-electron chi connectivity index (χ3n) is 3.03. The van der Waals surface area contributed by atoms with Crippen LogP contribution in [0.3, 0.4) is 0 Å². The van der Waals surface area contributed by atoms with E-state index in [0.717, 1.165) is 27.6 Å². The molecule has 18 heavy (non-hydrogen) atoms. The largest absolute Gasteiger partial charge is 0.388 e. The maximum Gasteiger partial charge on any atom is 0.152 e. The van der Waals surface area contributed by atoms with E-state index in [1.807, 2.05) is 37.4 Å². The minimum absolute atomic E-state index is 0.675. The van der Waals surface area contributed by atoms with Crippen molar-refractivity contribution < 1.29 is 4.79 Å². The lowest BCUT2D eigenvalue weighted by molar-refractivity contribution is 0.112. The maximum absolute atomic E-state index is 11.1. The van der Waals surface area contributed by atoms with Crippen LogP contribution in [0.2, 0.25) is 0 Å². The summed E-state index contributed by atoms with van der Waals surface area (Å²) < 4.78 is 1.07. The Balaban J connectivity index is 2.58. The first-order chi connectivity index (χ1) is 8.67. The molecule has 1 N–H and O–H groups in total. The first-order valence-corrected chi connectivity index (χ1v) is 6.49. The van der Waals surface area contributed by atoms with Crippen LogP contribution >= 0.6 is 15.9 Å². The van der Waals surface area contributed by atoms with E-state index >= 15 is 0 Å². The van der Waals surface area contributed by atoms with Gasteiger partial charge < -0.3 is 5.32 Å². The van der Waals surface area contributed by atoms with Gasteiger partial charge in [-0.25, -0.2) is 0 Å². The number of carbonyl (C=O) groups is 1. The zero-order valence-electron chi connectivity index (χ0n) is 10.3. The van der Waals surface area contributed by atoms with Gasteiger partial charge in [0.05, 0.1) is 0 Å². The molecule has 0 saturated heterocycles. The molecule has 2 aromatic carbocycles. The van der Waals surface area contributed by atoms with Crippen molar-refractivity contribution in [1.29, 1.82) is 0 Å². The van der Waals surface area contributed by atoms with Gasteiger partial charge in [-0.2, -0.15) is 0 Å². The summed E-state index contributed by atoms with van der Waals surface area (Å²) in [4.78, 5) is 11.1. The van der Waals surface area contributed by atoms with Crippen molar-refractivity contribution in [2.75, 3.05) is 12.4 Å². The zero-order chi connectivity index (χ0) is 13.1. The fourth-order valence-electron chi connectivity index (χ4n) is 1.98. The lowest BCUT2D eigenvalue weighted by Crippen LogP contribution is -1.95. The smallest absolute Gasteiger partial charge is 0.152 e. The quantitative estimate of drug-likeness (QED) is 0.858. The van der Waals surface area contributed by atoms with Crippen molar-refractivity contribution in [3.63, 3.8) is 0 Å². The third kappa shape index (κ3) is 2.31. The van der Waals surface area contributed by atoms with Gasteiger partial charge >= 0.3 is 0 Å². The summed E-state index contributed by atoms with van der Waals surface area (Å²) in [6.07, 6.45) is 0.878. The van der Waals surface area contributed by atoms with E-state index in [1.54, 1.807) is 0 Å². The Labute approximate surface area is 115 Å².